The van der Waals surface area contributed by atoms with Crippen molar-refractivity contribution in [3.8, 4) is 10.6 Å². The second kappa shape index (κ2) is 7.13. The second-order valence-electron chi connectivity index (χ2n) is 4.69. The molecular weight excluding hydrogens is 307 g/mol. The van der Waals surface area contributed by atoms with Gasteiger partial charge in [-0.3, -0.25) is 4.79 Å². The number of hydrogen-bond donors (Lipinski definition) is 2. The molecule has 5 nitrogen and oxygen atoms in total. The number of thiazole rings is 1. The molecule has 2 N–H and O–H groups in total. The molecule has 1 unspecified atom stereocenters. The molecule has 7 heteroatoms. The van der Waals surface area contributed by atoms with E-state index in [9.17, 15) is 14.0 Å². The minimum absolute atomic E-state index is 0.0154. The van der Waals surface area contributed by atoms with Gasteiger partial charge in [0, 0.05) is 10.9 Å². The molecule has 1 aromatic carbocycles. The average Bonchev–Trinajstić information content (AvgIpc) is 2.93. The number of nitrogens with zero attached hydrogens (tertiary/aromatic N) is 1. The Balaban J connectivity index is 2.01. The van der Waals surface area contributed by atoms with Crippen LogP contribution >= 0.6 is 11.3 Å². The van der Waals surface area contributed by atoms with Crippen molar-refractivity contribution in [2.24, 2.45) is 0 Å². The van der Waals surface area contributed by atoms with Crippen molar-refractivity contribution in [2.45, 2.75) is 25.8 Å². The van der Waals surface area contributed by atoms with Gasteiger partial charge >= 0.3 is 5.97 Å². The van der Waals surface area contributed by atoms with Crippen LogP contribution in [-0.2, 0) is 16.0 Å². The molecule has 22 heavy (non-hydrogen) atoms. The van der Waals surface area contributed by atoms with E-state index in [1.165, 1.54) is 23.5 Å². The first kappa shape index (κ1) is 16.1. The van der Waals surface area contributed by atoms with E-state index in [4.69, 9.17) is 5.11 Å². The summed E-state index contributed by atoms with van der Waals surface area (Å²) in [7, 11) is 0. The molecule has 0 saturated heterocycles. The number of amides is 1. The van der Waals surface area contributed by atoms with Crippen LogP contribution in [0.2, 0.25) is 0 Å². The van der Waals surface area contributed by atoms with Crippen molar-refractivity contribution >= 4 is 23.2 Å². The van der Waals surface area contributed by atoms with Crippen LogP contribution in [0.3, 0.4) is 0 Å². The molecule has 2 aromatic rings. The van der Waals surface area contributed by atoms with Crippen molar-refractivity contribution in [2.75, 3.05) is 0 Å². The molecule has 0 aliphatic rings. The van der Waals surface area contributed by atoms with Gasteiger partial charge in [-0.2, -0.15) is 0 Å². The zero-order chi connectivity index (χ0) is 16.1. The fourth-order valence-corrected chi connectivity index (χ4v) is 2.69. The van der Waals surface area contributed by atoms with Crippen LogP contribution in [0.1, 0.15) is 19.0 Å². The first-order valence-electron chi connectivity index (χ1n) is 6.72. The number of rotatable bonds is 6. The third-order valence-electron chi connectivity index (χ3n) is 3.03. The molecule has 1 atom stereocenters. The summed E-state index contributed by atoms with van der Waals surface area (Å²) in [5.41, 5.74) is 1.33. The number of hydrogen-bond acceptors (Lipinski definition) is 4. The van der Waals surface area contributed by atoms with Gasteiger partial charge in [-0.1, -0.05) is 6.92 Å². The summed E-state index contributed by atoms with van der Waals surface area (Å²) in [6.07, 6.45) is 0.334. The van der Waals surface area contributed by atoms with Gasteiger partial charge in [0.05, 0.1) is 12.1 Å². The van der Waals surface area contributed by atoms with E-state index in [1.807, 2.05) is 0 Å². The van der Waals surface area contributed by atoms with Crippen LogP contribution in [0.15, 0.2) is 29.6 Å². The summed E-state index contributed by atoms with van der Waals surface area (Å²) >= 11 is 1.35. The van der Waals surface area contributed by atoms with E-state index in [0.717, 1.165) is 5.56 Å². The minimum Gasteiger partial charge on any atom is -0.480 e. The molecule has 1 amide bonds. The number of aromatic nitrogens is 1. The van der Waals surface area contributed by atoms with Crippen molar-refractivity contribution < 1.29 is 19.1 Å². The summed E-state index contributed by atoms with van der Waals surface area (Å²) in [5.74, 6) is -1.76. The Labute approximate surface area is 130 Å². The topological polar surface area (TPSA) is 79.3 Å². The Kier molecular flexibility index (Phi) is 5.21. The number of benzene rings is 1. The predicted molar refractivity (Wildman–Crippen MR) is 81.1 cm³/mol. The van der Waals surface area contributed by atoms with Crippen LogP contribution in [0.5, 0.6) is 0 Å². The normalized spacial score (nSPS) is 11.9. The zero-order valence-electron chi connectivity index (χ0n) is 11.9. The quantitative estimate of drug-likeness (QED) is 0.856. The Bertz CT molecular complexity index is 670. The summed E-state index contributed by atoms with van der Waals surface area (Å²) in [5, 5.41) is 13.8. The average molecular weight is 322 g/mol. The molecule has 0 aliphatic carbocycles. The Morgan fingerprint density at radius 1 is 1.36 bits per heavy atom. The molecule has 116 valence electrons. The Morgan fingerprint density at radius 3 is 2.64 bits per heavy atom. The number of carbonyl (C=O) groups excluding carboxylic acids is 1. The Hall–Kier alpha value is -2.28. The van der Waals surface area contributed by atoms with Gasteiger partial charge < -0.3 is 10.4 Å². The summed E-state index contributed by atoms with van der Waals surface area (Å²) in [4.78, 5) is 27.0. The first-order valence-corrected chi connectivity index (χ1v) is 7.60. The smallest absolute Gasteiger partial charge is 0.326 e. The predicted octanol–water partition coefficient (Wildman–Crippen LogP) is 2.47. The number of carboxylic acids is 1. The highest BCUT2D eigenvalue weighted by atomic mass is 32.1. The zero-order valence-corrected chi connectivity index (χ0v) is 12.7. The van der Waals surface area contributed by atoms with Gasteiger partial charge in [0.15, 0.2) is 0 Å². The van der Waals surface area contributed by atoms with Gasteiger partial charge in [-0.15, -0.1) is 11.3 Å². The molecular formula is C15H15FN2O3S. The lowest BCUT2D eigenvalue weighted by Crippen LogP contribution is -2.41. The highest BCUT2D eigenvalue weighted by Crippen LogP contribution is 2.24. The fraction of sp³-hybridized carbons (Fsp3) is 0.267. The third kappa shape index (κ3) is 4.11. The monoisotopic (exact) mass is 322 g/mol. The maximum Gasteiger partial charge on any atom is 0.326 e. The highest BCUT2D eigenvalue weighted by Gasteiger charge is 2.18. The van der Waals surface area contributed by atoms with Gasteiger partial charge in [-0.05, 0) is 30.7 Å². The van der Waals surface area contributed by atoms with Crippen molar-refractivity contribution in [3.05, 3.63) is 41.2 Å². The number of aliphatic carboxylic acids is 1. The second-order valence-corrected chi connectivity index (χ2v) is 5.55. The lowest BCUT2D eigenvalue weighted by atomic mass is 10.2. The van der Waals surface area contributed by atoms with E-state index in [0.29, 0.717) is 17.1 Å². The molecule has 1 heterocycles. The van der Waals surface area contributed by atoms with Gasteiger partial charge in [0.1, 0.15) is 16.9 Å². The number of nitrogens with one attached hydrogen (secondary N) is 1. The molecule has 2 rings (SSSR count). The first-order chi connectivity index (χ1) is 10.5. The number of carbonyl (C=O) groups is 2. The maximum atomic E-state index is 12.9. The van der Waals surface area contributed by atoms with Gasteiger partial charge in [0.25, 0.3) is 0 Å². The van der Waals surface area contributed by atoms with E-state index in [-0.39, 0.29) is 18.1 Å². The summed E-state index contributed by atoms with van der Waals surface area (Å²) in [6, 6.07) is 5.05. The minimum atomic E-state index is -1.05. The largest absolute Gasteiger partial charge is 0.480 e. The highest BCUT2D eigenvalue weighted by molar-refractivity contribution is 7.13. The van der Waals surface area contributed by atoms with E-state index >= 15 is 0 Å². The molecule has 0 spiro atoms. The molecule has 0 aliphatic heterocycles. The van der Waals surface area contributed by atoms with Crippen LogP contribution in [0.25, 0.3) is 10.6 Å². The van der Waals surface area contributed by atoms with E-state index < -0.39 is 12.0 Å². The molecule has 0 radical (unpaired) electrons. The fourth-order valence-electron chi connectivity index (χ4n) is 1.86. The van der Waals surface area contributed by atoms with Crippen molar-refractivity contribution in [1.82, 2.24) is 10.3 Å². The number of halogens is 1. The maximum absolute atomic E-state index is 12.9. The van der Waals surface area contributed by atoms with Gasteiger partial charge in [-0.25, -0.2) is 14.2 Å². The van der Waals surface area contributed by atoms with Crippen LogP contribution in [-0.4, -0.2) is 28.0 Å². The van der Waals surface area contributed by atoms with Crippen LogP contribution in [0, 0.1) is 5.82 Å². The molecule has 1 aromatic heterocycles. The SMILES string of the molecule is CCC(NC(=O)Cc1csc(-c2ccc(F)cc2)n1)C(=O)O. The van der Waals surface area contributed by atoms with Crippen molar-refractivity contribution in [3.63, 3.8) is 0 Å². The van der Waals surface area contributed by atoms with Crippen LogP contribution < -0.4 is 5.32 Å². The van der Waals surface area contributed by atoms with Crippen LogP contribution in [0.4, 0.5) is 4.39 Å². The molecule has 0 fully saturated rings. The molecule has 0 bridgehead atoms. The molecule has 0 saturated carbocycles. The summed E-state index contributed by atoms with van der Waals surface area (Å²) in [6.45, 7) is 1.69. The lowest BCUT2D eigenvalue weighted by Gasteiger charge is -2.11. The van der Waals surface area contributed by atoms with E-state index in [2.05, 4.69) is 10.3 Å². The van der Waals surface area contributed by atoms with Gasteiger partial charge in [0.2, 0.25) is 5.91 Å². The standard InChI is InChI=1S/C15H15FN2O3S/c1-2-12(15(20)21)18-13(19)7-11-8-22-14(17-11)9-3-5-10(16)6-4-9/h3-6,8,12H,2,7H2,1H3,(H,18,19)(H,20,21). The lowest BCUT2D eigenvalue weighted by molar-refractivity contribution is -0.141. The van der Waals surface area contributed by atoms with Crippen molar-refractivity contribution in [1.29, 1.82) is 0 Å². The third-order valence-corrected chi connectivity index (χ3v) is 3.97. The summed E-state index contributed by atoms with van der Waals surface area (Å²) < 4.78 is 12.9. The Morgan fingerprint density at radius 2 is 2.05 bits per heavy atom. The number of carboxylic acid groups (broad SMARTS) is 1. The van der Waals surface area contributed by atoms with E-state index in [1.54, 1.807) is 24.4 Å².